The van der Waals surface area contributed by atoms with Crippen LogP contribution in [-0.2, 0) is 4.74 Å². The summed E-state index contributed by atoms with van der Waals surface area (Å²) in [5, 5.41) is 10.6. The quantitative estimate of drug-likeness (QED) is 0.842. The summed E-state index contributed by atoms with van der Waals surface area (Å²) in [6.07, 6.45) is 1.94. The molecule has 4 heteroatoms. The second-order valence-corrected chi connectivity index (χ2v) is 4.64. The third kappa shape index (κ3) is 2.04. The zero-order valence-corrected chi connectivity index (χ0v) is 9.90. The Morgan fingerprint density at radius 3 is 3.00 bits per heavy atom. The van der Waals surface area contributed by atoms with Gasteiger partial charge in [0.1, 0.15) is 11.6 Å². The Morgan fingerprint density at radius 2 is 2.22 bits per heavy atom. The summed E-state index contributed by atoms with van der Waals surface area (Å²) in [6, 6.07) is 5.98. The maximum Gasteiger partial charge on any atom is 0.138 e. The molecular formula is C14H14FNO2. The predicted molar refractivity (Wildman–Crippen MR) is 66.2 cm³/mol. The molecule has 2 heterocycles. The molecule has 3 nitrogen and oxygen atoms in total. The summed E-state index contributed by atoms with van der Waals surface area (Å²) in [7, 11) is 0. The van der Waals surface area contributed by atoms with Crippen molar-refractivity contribution in [3.63, 3.8) is 0 Å². The lowest BCUT2D eigenvalue weighted by molar-refractivity contribution is 0.0786. The summed E-state index contributed by atoms with van der Waals surface area (Å²) in [5.41, 5.74) is 1.36. The van der Waals surface area contributed by atoms with Crippen LogP contribution in [0, 0.1) is 5.82 Å². The van der Waals surface area contributed by atoms with Gasteiger partial charge in [-0.1, -0.05) is 0 Å². The van der Waals surface area contributed by atoms with Crippen molar-refractivity contribution in [1.29, 1.82) is 0 Å². The molecule has 1 atom stereocenters. The van der Waals surface area contributed by atoms with Crippen molar-refractivity contribution >= 4 is 10.9 Å². The fourth-order valence-corrected chi connectivity index (χ4v) is 2.41. The highest BCUT2D eigenvalue weighted by atomic mass is 19.1. The molecule has 0 bridgehead atoms. The molecule has 0 saturated carbocycles. The van der Waals surface area contributed by atoms with E-state index in [9.17, 15) is 9.50 Å². The van der Waals surface area contributed by atoms with E-state index in [0.717, 1.165) is 19.4 Å². The average molecular weight is 247 g/mol. The highest BCUT2D eigenvalue weighted by Gasteiger charge is 2.21. The molecule has 1 fully saturated rings. The molecule has 1 N–H and O–H groups in total. The Bertz CT molecular complexity index is 579. The first kappa shape index (κ1) is 11.4. The molecule has 1 unspecified atom stereocenters. The number of aromatic hydroxyl groups is 1. The fourth-order valence-electron chi connectivity index (χ4n) is 2.41. The molecule has 1 aromatic carbocycles. The van der Waals surface area contributed by atoms with Gasteiger partial charge in [0.05, 0.1) is 17.8 Å². The Balaban J connectivity index is 2.06. The minimum absolute atomic E-state index is 0.128. The van der Waals surface area contributed by atoms with E-state index in [1.54, 1.807) is 12.1 Å². The van der Waals surface area contributed by atoms with Gasteiger partial charge in [0.15, 0.2) is 0 Å². The lowest BCUT2D eigenvalue weighted by Crippen LogP contribution is -2.16. The Morgan fingerprint density at radius 1 is 1.33 bits per heavy atom. The number of pyridine rings is 1. The first-order chi connectivity index (χ1) is 8.74. The summed E-state index contributed by atoms with van der Waals surface area (Å²) in [4.78, 5) is 4.44. The van der Waals surface area contributed by atoms with Crippen LogP contribution >= 0.6 is 0 Å². The first-order valence-corrected chi connectivity index (χ1v) is 6.11. The number of hydrogen-bond donors (Lipinski definition) is 1. The van der Waals surface area contributed by atoms with E-state index >= 15 is 0 Å². The SMILES string of the molecule is Oc1cc2cc(F)ccc2nc1C1CCCOC1. The normalized spacial score (nSPS) is 20.2. The Kier molecular flexibility index (Phi) is 2.88. The van der Waals surface area contributed by atoms with Crippen molar-refractivity contribution in [2.45, 2.75) is 18.8 Å². The molecule has 18 heavy (non-hydrogen) atoms. The molecule has 1 aromatic heterocycles. The van der Waals surface area contributed by atoms with Gasteiger partial charge in [-0.2, -0.15) is 0 Å². The van der Waals surface area contributed by atoms with E-state index in [0.29, 0.717) is 23.2 Å². The van der Waals surface area contributed by atoms with Gasteiger partial charge in [-0.3, -0.25) is 0 Å². The molecule has 0 spiro atoms. The van der Waals surface area contributed by atoms with Crippen LogP contribution in [0.3, 0.4) is 0 Å². The number of benzene rings is 1. The smallest absolute Gasteiger partial charge is 0.138 e. The number of aromatic nitrogens is 1. The molecule has 1 aliphatic heterocycles. The monoisotopic (exact) mass is 247 g/mol. The van der Waals surface area contributed by atoms with Crippen LogP contribution in [0.4, 0.5) is 4.39 Å². The van der Waals surface area contributed by atoms with E-state index in [2.05, 4.69) is 4.98 Å². The minimum atomic E-state index is -0.322. The molecule has 1 saturated heterocycles. The molecule has 2 aromatic rings. The van der Waals surface area contributed by atoms with Crippen molar-refractivity contribution in [2.24, 2.45) is 0 Å². The van der Waals surface area contributed by atoms with Gasteiger partial charge in [0.25, 0.3) is 0 Å². The molecule has 1 aliphatic rings. The first-order valence-electron chi connectivity index (χ1n) is 6.11. The van der Waals surface area contributed by atoms with Crippen molar-refractivity contribution in [2.75, 3.05) is 13.2 Å². The molecule has 0 aliphatic carbocycles. The zero-order valence-electron chi connectivity index (χ0n) is 9.90. The van der Waals surface area contributed by atoms with Crippen LogP contribution in [0.15, 0.2) is 24.3 Å². The summed E-state index contributed by atoms with van der Waals surface area (Å²) in [6.45, 7) is 1.36. The Labute approximate surface area is 104 Å². The molecule has 94 valence electrons. The lowest BCUT2D eigenvalue weighted by atomic mass is 9.96. The van der Waals surface area contributed by atoms with Gasteiger partial charge >= 0.3 is 0 Å². The maximum atomic E-state index is 13.1. The highest BCUT2D eigenvalue weighted by molar-refractivity contribution is 5.80. The van der Waals surface area contributed by atoms with Crippen LogP contribution in [0.25, 0.3) is 10.9 Å². The minimum Gasteiger partial charge on any atom is -0.506 e. The number of rotatable bonds is 1. The second-order valence-electron chi connectivity index (χ2n) is 4.64. The summed E-state index contributed by atoms with van der Waals surface area (Å²) in [5.74, 6) is -0.0609. The number of nitrogens with zero attached hydrogens (tertiary/aromatic N) is 1. The third-order valence-electron chi connectivity index (χ3n) is 3.33. The van der Waals surface area contributed by atoms with Crippen LogP contribution < -0.4 is 0 Å². The highest BCUT2D eigenvalue weighted by Crippen LogP contribution is 2.32. The van der Waals surface area contributed by atoms with Crippen LogP contribution in [-0.4, -0.2) is 23.3 Å². The van der Waals surface area contributed by atoms with E-state index in [4.69, 9.17) is 4.74 Å². The zero-order chi connectivity index (χ0) is 12.5. The van der Waals surface area contributed by atoms with Gasteiger partial charge in [-0.05, 0) is 37.1 Å². The van der Waals surface area contributed by atoms with E-state index < -0.39 is 0 Å². The van der Waals surface area contributed by atoms with E-state index in [1.165, 1.54) is 12.1 Å². The summed E-state index contributed by atoms with van der Waals surface area (Å²) < 4.78 is 18.5. The maximum absolute atomic E-state index is 13.1. The van der Waals surface area contributed by atoms with E-state index in [-0.39, 0.29) is 17.5 Å². The standard InChI is InChI=1S/C14H14FNO2/c15-11-3-4-12-10(6-11)7-13(17)14(16-12)9-2-1-5-18-8-9/h3-4,6-7,9,17H,1-2,5,8H2. The van der Waals surface area contributed by atoms with Gasteiger partial charge in [-0.15, -0.1) is 0 Å². The summed E-state index contributed by atoms with van der Waals surface area (Å²) >= 11 is 0. The van der Waals surface area contributed by atoms with Crippen LogP contribution in [0.1, 0.15) is 24.5 Å². The van der Waals surface area contributed by atoms with Crippen molar-refractivity contribution in [1.82, 2.24) is 4.98 Å². The number of fused-ring (bicyclic) bond motifs is 1. The molecule has 0 amide bonds. The number of halogens is 1. The molecular weight excluding hydrogens is 233 g/mol. The largest absolute Gasteiger partial charge is 0.506 e. The van der Waals surface area contributed by atoms with Crippen LogP contribution in [0.2, 0.25) is 0 Å². The number of ether oxygens (including phenoxy) is 1. The third-order valence-corrected chi connectivity index (χ3v) is 3.33. The van der Waals surface area contributed by atoms with Crippen LogP contribution in [0.5, 0.6) is 5.75 Å². The molecule has 3 rings (SSSR count). The van der Waals surface area contributed by atoms with Gasteiger partial charge in [0, 0.05) is 17.9 Å². The fraction of sp³-hybridized carbons (Fsp3) is 0.357. The lowest BCUT2D eigenvalue weighted by Gasteiger charge is -2.22. The van der Waals surface area contributed by atoms with Crippen molar-refractivity contribution in [3.8, 4) is 5.75 Å². The topological polar surface area (TPSA) is 42.4 Å². The van der Waals surface area contributed by atoms with E-state index in [1.807, 2.05) is 0 Å². The van der Waals surface area contributed by atoms with Gasteiger partial charge in [-0.25, -0.2) is 9.37 Å². The van der Waals surface area contributed by atoms with Gasteiger partial charge < -0.3 is 9.84 Å². The average Bonchev–Trinajstić information content (AvgIpc) is 2.39. The Hall–Kier alpha value is -1.68. The molecule has 0 radical (unpaired) electrons. The predicted octanol–water partition coefficient (Wildman–Crippen LogP) is 2.97. The van der Waals surface area contributed by atoms with Gasteiger partial charge in [0.2, 0.25) is 0 Å². The van der Waals surface area contributed by atoms with Crippen molar-refractivity contribution in [3.05, 3.63) is 35.8 Å². The second kappa shape index (κ2) is 4.53. The van der Waals surface area contributed by atoms with Crippen molar-refractivity contribution < 1.29 is 14.2 Å². The number of hydrogen-bond acceptors (Lipinski definition) is 3.